The quantitative estimate of drug-likeness (QED) is 0.245. The second-order valence-corrected chi connectivity index (χ2v) is 11.3. The number of carboxylic acids is 1. The highest BCUT2D eigenvalue weighted by Crippen LogP contribution is 2.45. The first kappa shape index (κ1) is 31.8. The smallest absolute Gasteiger partial charge is 0.414 e. The molecule has 45 heavy (non-hydrogen) atoms. The van der Waals surface area contributed by atoms with Crippen molar-refractivity contribution in [1.29, 1.82) is 0 Å². The summed E-state index contributed by atoms with van der Waals surface area (Å²) in [7, 11) is 0. The molecule has 0 radical (unpaired) electrons. The minimum absolute atomic E-state index is 0.0707. The number of imide groups is 1. The van der Waals surface area contributed by atoms with E-state index in [1.807, 2.05) is 0 Å². The van der Waals surface area contributed by atoms with Gasteiger partial charge in [0, 0.05) is 38.4 Å². The highest BCUT2D eigenvalue weighted by molar-refractivity contribution is 6.09. The van der Waals surface area contributed by atoms with E-state index in [0.29, 0.717) is 6.54 Å². The van der Waals surface area contributed by atoms with E-state index in [2.05, 4.69) is 20.5 Å². The maximum absolute atomic E-state index is 14.0. The van der Waals surface area contributed by atoms with Crippen LogP contribution in [0.3, 0.4) is 0 Å². The van der Waals surface area contributed by atoms with Gasteiger partial charge in [0.15, 0.2) is 11.1 Å². The van der Waals surface area contributed by atoms with Crippen LogP contribution in [0, 0.1) is 11.3 Å². The van der Waals surface area contributed by atoms with Gasteiger partial charge in [-0.05, 0) is 43.9 Å². The van der Waals surface area contributed by atoms with Crippen LogP contribution in [0.25, 0.3) is 5.65 Å². The molecule has 2 fully saturated rings. The van der Waals surface area contributed by atoms with Gasteiger partial charge in [0.1, 0.15) is 11.7 Å². The Morgan fingerprint density at radius 1 is 1.13 bits per heavy atom. The summed E-state index contributed by atoms with van der Waals surface area (Å²) in [4.78, 5) is 53.9. The Kier molecular flexibility index (Phi) is 8.03. The third kappa shape index (κ3) is 5.92. The summed E-state index contributed by atoms with van der Waals surface area (Å²) in [5, 5.41) is 30.4. The van der Waals surface area contributed by atoms with Gasteiger partial charge in [-0.1, -0.05) is 0 Å². The Morgan fingerprint density at radius 2 is 1.82 bits per heavy atom. The van der Waals surface area contributed by atoms with E-state index in [1.54, 1.807) is 6.92 Å². The normalized spacial score (nSPS) is 22.9. The molecule has 3 aromatic rings. The summed E-state index contributed by atoms with van der Waals surface area (Å²) in [6.45, 7) is 2.18. The predicted octanol–water partition coefficient (Wildman–Crippen LogP) is 3.70. The monoisotopic (exact) mass is 641 g/mol. The number of imidazole rings is 1. The minimum Gasteiger partial charge on any atom is -0.480 e. The molecule has 18 heteroatoms. The number of rotatable bonds is 8. The number of aryl methyl sites for hydroxylation is 1. The van der Waals surface area contributed by atoms with E-state index >= 15 is 0 Å². The number of amides is 3. The first-order valence-corrected chi connectivity index (χ1v) is 14.0. The van der Waals surface area contributed by atoms with E-state index in [-0.39, 0.29) is 35.6 Å². The SMILES string of the molecule is CCn1nccc1C(=O)NC(c1cn2nc(CC3(C(=O)O)C[C@H](C(F)(F)F)N(C(=O)O)C3=O)ccc2n1)C1CCC(F)(F)CC1. The lowest BCUT2D eigenvalue weighted by atomic mass is 9.80. The van der Waals surface area contributed by atoms with Crippen molar-refractivity contribution in [1.82, 2.24) is 34.6 Å². The Bertz CT molecular complexity index is 1650. The second-order valence-electron chi connectivity index (χ2n) is 11.3. The van der Waals surface area contributed by atoms with E-state index < -0.39 is 90.0 Å². The molecule has 3 atom stereocenters. The summed E-state index contributed by atoms with van der Waals surface area (Å²) >= 11 is 0. The molecule has 1 saturated heterocycles. The van der Waals surface area contributed by atoms with Crippen LogP contribution >= 0.6 is 0 Å². The molecule has 1 aliphatic heterocycles. The van der Waals surface area contributed by atoms with Crippen molar-refractivity contribution in [2.45, 2.75) is 76.2 Å². The molecule has 1 saturated carbocycles. The first-order valence-electron chi connectivity index (χ1n) is 14.0. The molecule has 0 spiro atoms. The van der Waals surface area contributed by atoms with Gasteiger partial charge in [-0.15, -0.1) is 0 Å². The molecule has 242 valence electrons. The molecule has 1 aliphatic carbocycles. The molecule has 3 amide bonds. The maximum atomic E-state index is 14.0. The van der Waals surface area contributed by atoms with Gasteiger partial charge in [-0.2, -0.15) is 23.4 Å². The minimum atomic E-state index is -5.21. The van der Waals surface area contributed by atoms with Gasteiger partial charge >= 0.3 is 18.2 Å². The van der Waals surface area contributed by atoms with Crippen LogP contribution in [0.1, 0.15) is 66.9 Å². The lowest BCUT2D eigenvalue weighted by molar-refractivity contribution is -0.175. The number of fused-ring (bicyclic) bond motifs is 1. The molecular weight excluding hydrogens is 613 g/mol. The Hall–Kier alpha value is -4.64. The standard InChI is InChI=1S/C27H28F5N7O6/c1-2-37-17(7-10-33-37)21(40)35-20(14-5-8-26(28,29)9-6-14)16-13-38-19(34-16)4-3-15(36-38)11-25(23(42)43)12-18(27(30,31)32)39(22(25)41)24(44)45/h3-4,7,10,13-14,18,20H,2,5-6,8-9,11-12H2,1H3,(H,35,40)(H,42,43)(H,44,45)/t18-,20?,25?/m1/s1. The Morgan fingerprint density at radius 3 is 2.40 bits per heavy atom. The third-order valence-electron chi connectivity index (χ3n) is 8.44. The Balaban J connectivity index is 1.48. The van der Waals surface area contributed by atoms with E-state index in [4.69, 9.17) is 0 Å². The number of hydrogen-bond donors (Lipinski definition) is 3. The summed E-state index contributed by atoms with van der Waals surface area (Å²) < 4.78 is 71.5. The number of halogens is 5. The van der Waals surface area contributed by atoms with Crippen LogP contribution in [0.15, 0.2) is 30.6 Å². The summed E-state index contributed by atoms with van der Waals surface area (Å²) in [6, 6.07) is 0.387. The Labute approximate surface area is 251 Å². The highest BCUT2D eigenvalue weighted by atomic mass is 19.4. The predicted molar refractivity (Wildman–Crippen MR) is 141 cm³/mol. The highest BCUT2D eigenvalue weighted by Gasteiger charge is 2.65. The molecule has 13 nitrogen and oxygen atoms in total. The van der Waals surface area contributed by atoms with Crippen LogP contribution in [0.2, 0.25) is 0 Å². The fourth-order valence-electron chi connectivity index (χ4n) is 6.08. The molecule has 2 unspecified atom stereocenters. The van der Waals surface area contributed by atoms with Gasteiger partial charge in [0.05, 0.1) is 23.6 Å². The largest absolute Gasteiger partial charge is 0.480 e. The van der Waals surface area contributed by atoms with Gasteiger partial charge in [0.25, 0.3) is 5.91 Å². The number of nitrogens with zero attached hydrogens (tertiary/aromatic N) is 6. The van der Waals surface area contributed by atoms with Crippen molar-refractivity contribution in [3.05, 3.63) is 47.7 Å². The zero-order chi connectivity index (χ0) is 32.9. The van der Waals surface area contributed by atoms with Gasteiger partial charge in [-0.3, -0.25) is 19.1 Å². The van der Waals surface area contributed by atoms with Crippen molar-refractivity contribution < 1.29 is 51.3 Å². The third-order valence-corrected chi connectivity index (χ3v) is 8.44. The van der Waals surface area contributed by atoms with E-state index in [9.17, 15) is 51.3 Å². The number of nitrogens with one attached hydrogen (secondary N) is 1. The number of alkyl halides is 5. The van der Waals surface area contributed by atoms with Crippen LogP contribution in [-0.4, -0.2) is 81.5 Å². The molecule has 0 aromatic carbocycles. The number of aliphatic carboxylic acids is 1. The lowest BCUT2D eigenvalue weighted by Gasteiger charge is -2.33. The van der Waals surface area contributed by atoms with Crippen LogP contribution in [-0.2, 0) is 22.6 Å². The van der Waals surface area contributed by atoms with Crippen molar-refractivity contribution in [3.8, 4) is 0 Å². The topological polar surface area (TPSA) is 172 Å². The zero-order valence-corrected chi connectivity index (χ0v) is 23.7. The van der Waals surface area contributed by atoms with Gasteiger partial charge < -0.3 is 15.5 Å². The first-order chi connectivity index (χ1) is 21.1. The number of carbonyl (C=O) groups is 4. The number of hydrogen-bond acceptors (Lipinski definition) is 7. The second kappa shape index (κ2) is 11.4. The van der Waals surface area contributed by atoms with E-state index in [1.165, 1.54) is 39.8 Å². The molecular formula is C27H28F5N7O6. The fourth-order valence-corrected chi connectivity index (χ4v) is 6.08. The average molecular weight is 642 g/mol. The fraction of sp³-hybridized carbons (Fsp3) is 0.519. The van der Waals surface area contributed by atoms with E-state index in [0.717, 1.165) is 0 Å². The molecule has 0 bridgehead atoms. The number of aromatic nitrogens is 5. The summed E-state index contributed by atoms with van der Waals surface area (Å²) in [5.74, 6) is -7.49. The van der Waals surface area contributed by atoms with Crippen LogP contribution in [0.5, 0.6) is 0 Å². The van der Waals surface area contributed by atoms with Crippen LogP contribution in [0.4, 0.5) is 26.7 Å². The molecule has 5 rings (SSSR count). The molecule has 3 N–H and O–H groups in total. The molecule has 4 heterocycles. The number of carboxylic acid groups (broad SMARTS) is 2. The maximum Gasteiger partial charge on any atom is 0.414 e. The van der Waals surface area contributed by atoms with Gasteiger partial charge in [-0.25, -0.2) is 28.0 Å². The number of likely N-dealkylation sites (tertiary alicyclic amines) is 1. The zero-order valence-electron chi connectivity index (χ0n) is 23.7. The van der Waals surface area contributed by atoms with Crippen molar-refractivity contribution >= 4 is 29.5 Å². The molecule has 2 aliphatic rings. The van der Waals surface area contributed by atoms with Crippen molar-refractivity contribution in [2.75, 3.05) is 0 Å². The summed E-state index contributed by atoms with van der Waals surface area (Å²) in [6.07, 6.45) is -7.49. The lowest BCUT2D eigenvalue weighted by Crippen LogP contribution is -2.47. The van der Waals surface area contributed by atoms with Crippen LogP contribution < -0.4 is 5.32 Å². The number of carbonyl (C=O) groups excluding carboxylic acids is 2. The van der Waals surface area contributed by atoms with Crippen molar-refractivity contribution in [3.63, 3.8) is 0 Å². The average Bonchev–Trinajstić information content (AvgIpc) is 3.67. The molecule has 3 aromatic heterocycles. The van der Waals surface area contributed by atoms with Crippen molar-refractivity contribution in [2.24, 2.45) is 11.3 Å². The summed E-state index contributed by atoms with van der Waals surface area (Å²) in [5.41, 5.74) is -2.27. The van der Waals surface area contributed by atoms with Gasteiger partial charge in [0.2, 0.25) is 11.8 Å².